The number of rotatable bonds is 4. The molecule has 13 aromatic rings. The van der Waals surface area contributed by atoms with Gasteiger partial charge in [-0.15, -0.1) is 11.3 Å². The van der Waals surface area contributed by atoms with Crippen molar-refractivity contribution in [2.75, 3.05) is 0 Å². The van der Waals surface area contributed by atoms with Crippen LogP contribution in [0.3, 0.4) is 0 Å². The van der Waals surface area contributed by atoms with Gasteiger partial charge in [0.05, 0.1) is 11.0 Å². The van der Waals surface area contributed by atoms with E-state index in [0.29, 0.717) is 17.5 Å². The topological polar surface area (TPSA) is 43.6 Å². The van der Waals surface area contributed by atoms with Crippen molar-refractivity contribution in [2.24, 2.45) is 0 Å². The molecule has 0 N–H and O–H groups in total. The van der Waals surface area contributed by atoms with Crippen LogP contribution in [0.1, 0.15) is 0 Å². The van der Waals surface area contributed by atoms with Crippen molar-refractivity contribution in [2.45, 2.75) is 0 Å². The first-order valence-corrected chi connectivity index (χ1v) is 21.1. The summed E-state index contributed by atoms with van der Waals surface area (Å²) >= 11 is 1.85. The van der Waals surface area contributed by atoms with Gasteiger partial charge in [-0.25, -0.2) is 15.0 Å². The van der Waals surface area contributed by atoms with E-state index >= 15 is 0 Å². The smallest absolute Gasteiger partial charge is 0.164 e. The number of hydrogen-bond acceptors (Lipinski definition) is 4. The summed E-state index contributed by atoms with van der Waals surface area (Å²) in [4.78, 5) is 15.8. The predicted octanol–water partition coefficient (Wildman–Crippen LogP) is 15.0. The third-order valence-electron chi connectivity index (χ3n) is 12.1. The van der Waals surface area contributed by atoms with Crippen LogP contribution in [-0.2, 0) is 0 Å². The van der Waals surface area contributed by atoms with Crippen LogP contribution < -0.4 is 0 Å². The van der Waals surface area contributed by atoms with E-state index in [-0.39, 0.29) is 0 Å². The molecule has 278 valence electrons. The first-order chi connectivity index (χ1) is 29.7. The Bertz CT molecular complexity index is 3800. The molecule has 5 heteroatoms. The Hall–Kier alpha value is -7.73. The van der Waals surface area contributed by atoms with Crippen molar-refractivity contribution >= 4 is 96.4 Å². The number of hydrogen-bond donors (Lipinski definition) is 0. The van der Waals surface area contributed by atoms with E-state index in [1.54, 1.807) is 0 Å². The SMILES string of the molecule is c1ccc(-c2nc(-c3cccc4ccccc34)nc(-c3cc4ccccc4c4sc5cc(-n6c7cc8ccccc8cc7c7cc8ccccc8cc76)ccc5c34)n2)cc1. The molecule has 0 aliphatic carbocycles. The highest BCUT2D eigenvalue weighted by Gasteiger charge is 2.21. The van der Waals surface area contributed by atoms with Gasteiger partial charge >= 0.3 is 0 Å². The molecule has 13 rings (SSSR count). The maximum Gasteiger partial charge on any atom is 0.164 e. The summed E-state index contributed by atoms with van der Waals surface area (Å²) < 4.78 is 4.90. The van der Waals surface area contributed by atoms with E-state index < -0.39 is 0 Å². The van der Waals surface area contributed by atoms with Crippen molar-refractivity contribution in [1.82, 2.24) is 19.5 Å². The molecule has 0 saturated carbocycles. The van der Waals surface area contributed by atoms with Crippen LogP contribution in [0.4, 0.5) is 0 Å². The van der Waals surface area contributed by atoms with Gasteiger partial charge in [-0.05, 0) is 85.6 Å². The van der Waals surface area contributed by atoms with Gasteiger partial charge in [0.25, 0.3) is 0 Å². The molecule has 3 aromatic heterocycles. The average Bonchev–Trinajstić information content (AvgIpc) is 3.84. The molecule has 10 aromatic carbocycles. The van der Waals surface area contributed by atoms with E-state index in [4.69, 9.17) is 15.0 Å². The second-order valence-electron chi connectivity index (χ2n) is 15.6. The van der Waals surface area contributed by atoms with E-state index in [2.05, 4.69) is 180 Å². The van der Waals surface area contributed by atoms with Gasteiger partial charge in [0.15, 0.2) is 17.5 Å². The van der Waals surface area contributed by atoms with Crippen molar-refractivity contribution < 1.29 is 0 Å². The molecule has 0 amide bonds. The molecule has 4 nitrogen and oxygen atoms in total. The van der Waals surface area contributed by atoms with Crippen LogP contribution in [0.25, 0.3) is 125 Å². The number of nitrogens with zero attached hydrogens (tertiary/aromatic N) is 4. The molecule has 0 aliphatic heterocycles. The summed E-state index contributed by atoms with van der Waals surface area (Å²) in [6.45, 7) is 0. The molecule has 0 atom stereocenters. The molecule has 0 aliphatic rings. The Kier molecular flexibility index (Phi) is 7.14. The summed E-state index contributed by atoms with van der Waals surface area (Å²) in [7, 11) is 0. The fourth-order valence-electron chi connectivity index (χ4n) is 9.33. The summed E-state index contributed by atoms with van der Waals surface area (Å²) in [5, 5.41) is 14.4. The van der Waals surface area contributed by atoms with Crippen LogP contribution in [0, 0.1) is 0 Å². The molecular weight excluding hydrogens is 749 g/mol. The molecule has 0 spiro atoms. The highest BCUT2D eigenvalue weighted by molar-refractivity contribution is 7.26. The van der Waals surface area contributed by atoms with Crippen molar-refractivity contribution in [1.29, 1.82) is 0 Å². The first-order valence-electron chi connectivity index (χ1n) is 20.3. The highest BCUT2D eigenvalue weighted by atomic mass is 32.1. The van der Waals surface area contributed by atoms with Crippen molar-refractivity contribution in [3.63, 3.8) is 0 Å². The molecule has 0 saturated heterocycles. The van der Waals surface area contributed by atoms with Crippen molar-refractivity contribution in [3.8, 4) is 39.9 Å². The first kappa shape index (κ1) is 33.3. The van der Waals surface area contributed by atoms with Gasteiger partial charge in [-0.2, -0.15) is 0 Å². The maximum absolute atomic E-state index is 5.35. The number of thiophene rings is 1. The zero-order valence-electron chi connectivity index (χ0n) is 32.2. The lowest BCUT2D eigenvalue weighted by Gasteiger charge is -2.12. The minimum absolute atomic E-state index is 0.651. The molecule has 0 fully saturated rings. The van der Waals surface area contributed by atoms with Crippen LogP contribution in [-0.4, -0.2) is 19.5 Å². The fourth-order valence-corrected chi connectivity index (χ4v) is 10.6. The molecule has 0 unspecified atom stereocenters. The fraction of sp³-hybridized carbons (Fsp3) is 0. The molecule has 3 heterocycles. The third kappa shape index (κ3) is 5.06. The average molecular weight is 781 g/mol. The van der Waals surface area contributed by atoms with Gasteiger partial charge in [0, 0.05) is 53.3 Å². The van der Waals surface area contributed by atoms with E-state index in [0.717, 1.165) is 43.9 Å². The standard InChI is InChI=1S/C55H32N4S/c1-2-14-34(15-3-1)53-56-54(43-24-12-21-33-13-8-10-22-41(33)43)58-55(57-53)47-29-39-20-9-11-23-42(39)52-51(47)44-26-25-40(32-50(44)60-52)59-48-30-37-18-6-4-16-35(37)27-45(48)46-28-36-17-5-7-19-38(36)31-49(46)59/h1-32H. The summed E-state index contributed by atoms with van der Waals surface area (Å²) in [6.07, 6.45) is 0. The van der Waals surface area contributed by atoms with Crippen LogP contribution >= 0.6 is 11.3 Å². The normalized spacial score (nSPS) is 12.0. The van der Waals surface area contributed by atoms with E-state index in [1.165, 1.54) is 63.5 Å². The maximum atomic E-state index is 5.35. The van der Waals surface area contributed by atoms with Gasteiger partial charge in [0.2, 0.25) is 0 Å². The van der Waals surface area contributed by atoms with Gasteiger partial charge < -0.3 is 4.57 Å². The minimum atomic E-state index is 0.651. The Morgan fingerprint density at radius 2 is 0.900 bits per heavy atom. The Morgan fingerprint density at radius 1 is 0.350 bits per heavy atom. The highest BCUT2D eigenvalue weighted by Crippen LogP contribution is 2.46. The molecule has 0 radical (unpaired) electrons. The third-order valence-corrected chi connectivity index (χ3v) is 13.3. The molecule has 60 heavy (non-hydrogen) atoms. The summed E-state index contributed by atoms with van der Waals surface area (Å²) in [5.41, 5.74) is 6.47. The Morgan fingerprint density at radius 3 is 1.60 bits per heavy atom. The van der Waals surface area contributed by atoms with Crippen LogP contribution in [0.2, 0.25) is 0 Å². The minimum Gasteiger partial charge on any atom is -0.309 e. The van der Waals surface area contributed by atoms with Crippen LogP contribution in [0.15, 0.2) is 194 Å². The zero-order valence-corrected chi connectivity index (χ0v) is 33.0. The number of fused-ring (bicyclic) bond motifs is 11. The van der Waals surface area contributed by atoms with Gasteiger partial charge in [0.1, 0.15) is 0 Å². The number of benzene rings is 10. The van der Waals surface area contributed by atoms with Gasteiger partial charge in [-0.1, -0.05) is 152 Å². The summed E-state index contributed by atoms with van der Waals surface area (Å²) in [6, 6.07) is 69.8. The quantitative estimate of drug-likeness (QED) is 0.179. The largest absolute Gasteiger partial charge is 0.309 e. The lowest BCUT2D eigenvalue weighted by Crippen LogP contribution is -2.01. The van der Waals surface area contributed by atoms with E-state index in [9.17, 15) is 0 Å². The van der Waals surface area contributed by atoms with E-state index in [1.807, 2.05) is 29.5 Å². The molecule has 0 bridgehead atoms. The van der Waals surface area contributed by atoms with Crippen molar-refractivity contribution in [3.05, 3.63) is 194 Å². The summed E-state index contributed by atoms with van der Waals surface area (Å²) in [5.74, 6) is 1.97. The predicted molar refractivity (Wildman–Crippen MR) is 253 cm³/mol. The lowest BCUT2D eigenvalue weighted by atomic mass is 9.99. The van der Waals surface area contributed by atoms with Gasteiger partial charge in [-0.3, -0.25) is 0 Å². The number of aromatic nitrogens is 4. The monoisotopic (exact) mass is 780 g/mol. The Labute approximate surface area is 348 Å². The second-order valence-corrected chi connectivity index (χ2v) is 16.7. The second kappa shape index (κ2) is 12.9. The lowest BCUT2D eigenvalue weighted by molar-refractivity contribution is 1.08. The molecular formula is C55H32N4S. The zero-order chi connectivity index (χ0) is 39.3. The van der Waals surface area contributed by atoms with Crippen LogP contribution in [0.5, 0.6) is 0 Å². The Balaban J connectivity index is 1.09.